The Labute approximate surface area is 117 Å². The summed E-state index contributed by atoms with van der Waals surface area (Å²) in [4.78, 5) is 12.3. The van der Waals surface area contributed by atoms with Gasteiger partial charge in [0.1, 0.15) is 11.5 Å². The minimum absolute atomic E-state index is 0.0128. The molecule has 0 saturated heterocycles. The van der Waals surface area contributed by atoms with Crippen LogP contribution in [-0.2, 0) is 0 Å². The quantitative estimate of drug-likeness (QED) is 0.625. The lowest BCUT2D eigenvalue weighted by Gasteiger charge is -2.19. The molecule has 0 aliphatic rings. The number of hydrogen-bond acceptors (Lipinski definition) is 3. The van der Waals surface area contributed by atoms with Gasteiger partial charge in [0.15, 0.2) is 0 Å². The highest BCUT2D eigenvalue weighted by atomic mass is 79.9. The Hall–Kier alpha value is -1.95. The van der Waals surface area contributed by atoms with Crippen molar-refractivity contribution in [3.63, 3.8) is 0 Å². The van der Waals surface area contributed by atoms with Crippen molar-refractivity contribution in [3.8, 4) is 0 Å². The van der Waals surface area contributed by atoms with Crippen LogP contribution in [0.4, 0.5) is 21.5 Å². The molecule has 0 aliphatic carbocycles. The van der Waals surface area contributed by atoms with Gasteiger partial charge < -0.3 is 4.90 Å². The Balaban J connectivity index is 2.46. The Morgan fingerprint density at radius 1 is 1.21 bits per heavy atom. The third-order valence-electron chi connectivity index (χ3n) is 2.71. The summed E-state index contributed by atoms with van der Waals surface area (Å²) in [6, 6.07) is 10.6. The van der Waals surface area contributed by atoms with Gasteiger partial charge in [-0.2, -0.15) is 0 Å². The summed E-state index contributed by atoms with van der Waals surface area (Å²) in [5, 5.41) is 11.1. The molecule has 4 nitrogen and oxygen atoms in total. The number of halogens is 2. The minimum atomic E-state index is -0.444. The van der Waals surface area contributed by atoms with Gasteiger partial charge in [0.25, 0.3) is 5.69 Å². The summed E-state index contributed by atoms with van der Waals surface area (Å²) in [7, 11) is 1.70. The zero-order chi connectivity index (χ0) is 14.0. The first kappa shape index (κ1) is 13.5. The van der Waals surface area contributed by atoms with Crippen molar-refractivity contribution in [3.05, 3.63) is 62.9 Å². The first-order chi connectivity index (χ1) is 8.99. The second-order valence-electron chi connectivity index (χ2n) is 3.93. The van der Waals surface area contributed by atoms with Crippen molar-refractivity contribution in [2.75, 3.05) is 11.9 Å². The zero-order valence-corrected chi connectivity index (χ0v) is 11.6. The van der Waals surface area contributed by atoms with Crippen LogP contribution in [0.5, 0.6) is 0 Å². The van der Waals surface area contributed by atoms with E-state index in [0.29, 0.717) is 15.8 Å². The first-order valence-electron chi connectivity index (χ1n) is 5.42. The molecule has 0 saturated carbocycles. The third-order valence-corrected chi connectivity index (χ3v) is 3.20. The second-order valence-corrected chi connectivity index (χ2v) is 4.84. The molecule has 6 heteroatoms. The Morgan fingerprint density at radius 3 is 2.42 bits per heavy atom. The van der Waals surface area contributed by atoms with E-state index in [9.17, 15) is 14.5 Å². The van der Waals surface area contributed by atoms with Gasteiger partial charge >= 0.3 is 0 Å². The van der Waals surface area contributed by atoms with E-state index in [-0.39, 0.29) is 11.5 Å². The van der Waals surface area contributed by atoms with Crippen LogP contribution in [0.3, 0.4) is 0 Å². The number of nitrogens with zero attached hydrogens (tertiary/aromatic N) is 2. The highest BCUT2D eigenvalue weighted by molar-refractivity contribution is 9.10. The topological polar surface area (TPSA) is 46.4 Å². The second kappa shape index (κ2) is 5.36. The molecule has 19 heavy (non-hydrogen) atoms. The van der Waals surface area contributed by atoms with Crippen LogP contribution in [-0.4, -0.2) is 12.0 Å². The number of nitro benzene ring substituents is 1. The lowest BCUT2D eigenvalue weighted by atomic mass is 10.2. The molecular formula is C13H10BrFN2O2. The van der Waals surface area contributed by atoms with Crippen molar-refractivity contribution >= 4 is 33.0 Å². The lowest BCUT2D eigenvalue weighted by Crippen LogP contribution is -2.11. The van der Waals surface area contributed by atoms with Crippen LogP contribution < -0.4 is 4.90 Å². The summed E-state index contributed by atoms with van der Waals surface area (Å²) >= 11 is 3.21. The molecule has 0 heterocycles. The molecule has 98 valence electrons. The minimum Gasteiger partial charge on any atom is -0.339 e. The zero-order valence-electron chi connectivity index (χ0n) is 10.0. The molecule has 2 aromatic carbocycles. The van der Waals surface area contributed by atoms with Gasteiger partial charge in [-0.05, 0) is 36.4 Å². The highest BCUT2D eigenvalue weighted by Crippen LogP contribution is 2.34. The molecule has 0 unspecified atom stereocenters. The van der Waals surface area contributed by atoms with E-state index in [1.54, 1.807) is 36.2 Å². The van der Waals surface area contributed by atoms with Gasteiger partial charge in [-0.15, -0.1) is 0 Å². The fourth-order valence-electron chi connectivity index (χ4n) is 1.73. The van der Waals surface area contributed by atoms with Crippen LogP contribution in [0, 0.1) is 15.9 Å². The highest BCUT2D eigenvalue weighted by Gasteiger charge is 2.18. The van der Waals surface area contributed by atoms with E-state index < -0.39 is 4.92 Å². The average molecular weight is 325 g/mol. The predicted octanol–water partition coefficient (Wildman–Crippen LogP) is 4.26. The summed E-state index contributed by atoms with van der Waals surface area (Å²) in [6.07, 6.45) is 0. The molecule has 0 bridgehead atoms. The number of anilines is 2. The Bertz CT molecular complexity index is 617. The van der Waals surface area contributed by atoms with Crippen molar-refractivity contribution in [1.82, 2.24) is 0 Å². The maximum absolute atomic E-state index is 12.9. The van der Waals surface area contributed by atoms with E-state index in [1.165, 1.54) is 18.2 Å². The first-order valence-corrected chi connectivity index (χ1v) is 6.21. The Morgan fingerprint density at radius 2 is 1.84 bits per heavy atom. The van der Waals surface area contributed by atoms with E-state index >= 15 is 0 Å². The largest absolute Gasteiger partial charge is 0.339 e. The van der Waals surface area contributed by atoms with E-state index in [1.807, 2.05) is 0 Å². The molecule has 0 atom stereocenters. The van der Waals surface area contributed by atoms with Gasteiger partial charge in [-0.3, -0.25) is 10.1 Å². The summed E-state index contributed by atoms with van der Waals surface area (Å²) in [6.45, 7) is 0. The van der Waals surface area contributed by atoms with Gasteiger partial charge in [0.2, 0.25) is 0 Å². The molecule has 2 rings (SSSR count). The third kappa shape index (κ3) is 2.90. The molecule has 2 aromatic rings. The molecule has 0 fully saturated rings. The summed E-state index contributed by atoms with van der Waals surface area (Å²) in [5.74, 6) is -0.345. The molecule has 0 aromatic heterocycles. The number of hydrogen-bond donors (Lipinski definition) is 0. The van der Waals surface area contributed by atoms with Gasteiger partial charge in [-0.1, -0.05) is 15.9 Å². The van der Waals surface area contributed by atoms with E-state index in [0.717, 1.165) is 0 Å². The maximum Gasteiger partial charge on any atom is 0.293 e. The van der Waals surface area contributed by atoms with Crippen LogP contribution in [0.1, 0.15) is 0 Å². The number of rotatable bonds is 3. The fourth-order valence-corrected chi connectivity index (χ4v) is 2.08. The summed E-state index contributed by atoms with van der Waals surface area (Å²) in [5.41, 5.74) is 1.10. The Kier molecular flexibility index (Phi) is 3.80. The van der Waals surface area contributed by atoms with Crippen LogP contribution in [0.2, 0.25) is 0 Å². The molecular weight excluding hydrogens is 315 g/mol. The monoisotopic (exact) mass is 324 g/mol. The average Bonchev–Trinajstić information content (AvgIpc) is 2.38. The number of nitro groups is 1. The van der Waals surface area contributed by atoms with Gasteiger partial charge in [0, 0.05) is 23.3 Å². The predicted molar refractivity (Wildman–Crippen MR) is 75.3 cm³/mol. The molecule has 0 amide bonds. The smallest absolute Gasteiger partial charge is 0.293 e. The van der Waals surface area contributed by atoms with E-state index in [2.05, 4.69) is 15.9 Å². The van der Waals surface area contributed by atoms with Gasteiger partial charge in [0.05, 0.1) is 4.92 Å². The van der Waals surface area contributed by atoms with Crippen molar-refractivity contribution in [2.24, 2.45) is 0 Å². The van der Waals surface area contributed by atoms with E-state index in [4.69, 9.17) is 0 Å². The van der Waals surface area contributed by atoms with Crippen molar-refractivity contribution < 1.29 is 9.31 Å². The summed E-state index contributed by atoms with van der Waals surface area (Å²) < 4.78 is 13.5. The van der Waals surface area contributed by atoms with Crippen LogP contribution in [0.25, 0.3) is 0 Å². The molecule has 0 aliphatic heterocycles. The normalized spacial score (nSPS) is 10.3. The standard InChI is InChI=1S/C13H10BrFN2O2/c1-16(11-5-3-10(15)4-6-11)12-7-2-9(14)8-13(12)17(18)19/h2-8H,1H3. The molecule has 0 radical (unpaired) electrons. The van der Waals surface area contributed by atoms with Crippen molar-refractivity contribution in [2.45, 2.75) is 0 Å². The van der Waals surface area contributed by atoms with Crippen LogP contribution in [0.15, 0.2) is 46.9 Å². The molecule has 0 spiro atoms. The molecule has 0 N–H and O–H groups in total. The maximum atomic E-state index is 12.9. The van der Waals surface area contributed by atoms with Crippen LogP contribution >= 0.6 is 15.9 Å². The number of benzene rings is 2. The van der Waals surface area contributed by atoms with Gasteiger partial charge in [-0.25, -0.2) is 4.39 Å². The lowest BCUT2D eigenvalue weighted by molar-refractivity contribution is -0.384. The fraction of sp³-hybridized carbons (Fsp3) is 0.0769. The van der Waals surface area contributed by atoms with Crippen molar-refractivity contribution in [1.29, 1.82) is 0 Å². The SMILES string of the molecule is CN(c1ccc(F)cc1)c1ccc(Br)cc1[N+](=O)[O-].